The van der Waals surface area contributed by atoms with Gasteiger partial charge in [-0.25, -0.2) is 5.43 Å². The molecule has 0 fully saturated rings. The Morgan fingerprint density at radius 2 is 2.12 bits per heavy atom. The van der Waals surface area contributed by atoms with Crippen molar-refractivity contribution in [3.63, 3.8) is 0 Å². The second-order valence-corrected chi connectivity index (χ2v) is 6.30. The number of ether oxygens (including phenoxy) is 1. The third-order valence-corrected chi connectivity index (χ3v) is 4.04. The Labute approximate surface area is 143 Å². The summed E-state index contributed by atoms with van der Waals surface area (Å²) in [7, 11) is 0. The Kier molecular flexibility index (Phi) is 6.02. The van der Waals surface area contributed by atoms with E-state index in [4.69, 9.17) is 4.74 Å². The van der Waals surface area contributed by atoms with Crippen LogP contribution in [-0.2, 0) is 4.79 Å². The summed E-state index contributed by atoms with van der Waals surface area (Å²) in [6, 6.07) is 10.5. The summed E-state index contributed by atoms with van der Waals surface area (Å²) < 4.78 is 5.53. The summed E-state index contributed by atoms with van der Waals surface area (Å²) in [6.45, 7) is 3.94. The first-order valence-electron chi connectivity index (χ1n) is 7.25. The molecule has 0 spiro atoms. The zero-order chi connectivity index (χ0) is 17.5. The Morgan fingerprint density at radius 1 is 1.38 bits per heavy atom. The number of benzene rings is 1. The minimum absolute atomic E-state index is 0.0244. The van der Waals surface area contributed by atoms with E-state index in [1.165, 1.54) is 12.3 Å². The first kappa shape index (κ1) is 17.6. The average molecular weight is 347 g/mol. The first-order chi connectivity index (χ1) is 11.5. The van der Waals surface area contributed by atoms with Crippen molar-refractivity contribution in [3.05, 3.63) is 57.0 Å². The average Bonchev–Trinajstić information content (AvgIpc) is 3.02. The zero-order valence-corrected chi connectivity index (χ0v) is 14.1. The lowest BCUT2D eigenvalue weighted by molar-refractivity contribution is -0.380. The van der Waals surface area contributed by atoms with Crippen molar-refractivity contribution in [2.24, 2.45) is 5.10 Å². The first-order valence-corrected chi connectivity index (χ1v) is 8.07. The maximum absolute atomic E-state index is 11.7. The number of carbonyl (C=O) groups excluding carboxylic acids is 1. The largest absolute Gasteiger partial charge is 0.483 e. The van der Waals surface area contributed by atoms with Crippen molar-refractivity contribution in [2.45, 2.75) is 19.8 Å². The summed E-state index contributed by atoms with van der Waals surface area (Å²) in [5, 5.41) is 14.4. The fraction of sp³-hybridized carbons (Fsp3) is 0.250. The Morgan fingerprint density at radius 3 is 2.79 bits per heavy atom. The highest BCUT2D eigenvalue weighted by atomic mass is 32.1. The van der Waals surface area contributed by atoms with Gasteiger partial charge in [0, 0.05) is 6.07 Å². The third kappa shape index (κ3) is 4.88. The van der Waals surface area contributed by atoms with Crippen LogP contribution in [0.4, 0.5) is 5.00 Å². The van der Waals surface area contributed by atoms with Crippen LogP contribution in [0.15, 0.2) is 41.5 Å². The van der Waals surface area contributed by atoms with E-state index in [1.807, 2.05) is 38.1 Å². The van der Waals surface area contributed by atoms with Gasteiger partial charge >= 0.3 is 5.00 Å². The van der Waals surface area contributed by atoms with Crippen molar-refractivity contribution in [1.82, 2.24) is 5.43 Å². The standard InChI is InChI=1S/C16H17N3O4S/c1-11(2)13-5-3-4-6-14(13)23-10-15(20)18-17-9-12-7-8-16(24-12)19(21)22/h3-9,11H,10H2,1-2H3,(H,18,20)/b17-9+. The molecule has 0 atom stereocenters. The smallest absolute Gasteiger partial charge is 0.324 e. The highest BCUT2D eigenvalue weighted by Crippen LogP contribution is 2.25. The van der Waals surface area contributed by atoms with Gasteiger partial charge in [0.1, 0.15) is 5.75 Å². The van der Waals surface area contributed by atoms with Crippen molar-refractivity contribution >= 4 is 28.5 Å². The summed E-state index contributed by atoms with van der Waals surface area (Å²) in [6.07, 6.45) is 1.36. The topological polar surface area (TPSA) is 93.8 Å². The van der Waals surface area contributed by atoms with Crippen LogP contribution in [0.1, 0.15) is 30.2 Å². The van der Waals surface area contributed by atoms with Gasteiger partial charge < -0.3 is 4.74 Å². The lowest BCUT2D eigenvalue weighted by Crippen LogP contribution is -2.24. The van der Waals surface area contributed by atoms with Crippen LogP contribution >= 0.6 is 11.3 Å². The Bertz CT molecular complexity index is 755. The molecule has 8 heteroatoms. The molecule has 0 aliphatic rings. The quantitative estimate of drug-likeness (QED) is 0.472. The molecule has 7 nitrogen and oxygen atoms in total. The van der Waals surface area contributed by atoms with Gasteiger partial charge in [-0.2, -0.15) is 5.10 Å². The number of nitro groups is 1. The van der Waals surface area contributed by atoms with Gasteiger partial charge in [0.2, 0.25) is 0 Å². The van der Waals surface area contributed by atoms with Gasteiger partial charge in [0.25, 0.3) is 5.91 Å². The van der Waals surface area contributed by atoms with E-state index in [0.717, 1.165) is 16.9 Å². The number of para-hydroxylation sites is 1. The molecule has 0 saturated carbocycles. The van der Waals surface area contributed by atoms with Crippen molar-refractivity contribution in [1.29, 1.82) is 0 Å². The maximum atomic E-state index is 11.7. The fourth-order valence-electron chi connectivity index (χ4n) is 1.94. The minimum atomic E-state index is -0.472. The van der Waals surface area contributed by atoms with Crippen LogP contribution in [0.25, 0.3) is 0 Å². The predicted molar refractivity (Wildman–Crippen MR) is 92.7 cm³/mol. The van der Waals surface area contributed by atoms with Crippen LogP contribution in [0.5, 0.6) is 5.75 Å². The number of hydrogen-bond donors (Lipinski definition) is 1. The Balaban J connectivity index is 1.85. The van der Waals surface area contributed by atoms with Gasteiger partial charge in [-0.15, -0.1) is 0 Å². The summed E-state index contributed by atoms with van der Waals surface area (Å²) in [5.74, 6) is 0.549. The van der Waals surface area contributed by atoms with E-state index < -0.39 is 10.8 Å². The van der Waals surface area contributed by atoms with E-state index >= 15 is 0 Å². The predicted octanol–water partition coefficient (Wildman–Crippen LogP) is 3.31. The molecular weight excluding hydrogens is 330 g/mol. The lowest BCUT2D eigenvalue weighted by atomic mass is 10.0. The van der Waals surface area contributed by atoms with Gasteiger partial charge in [0.05, 0.1) is 16.0 Å². The minimum Gasteiger partial charge on any atom is -0.483 e. The second-order valence-electron chi connectivity index (χ2n) is 5.21. The molecule has 24 heavy (non-hydrogen) atoms. The van der Waals surface area contributed by atoms with Crippen LogP contribution in [-0.4, -0.2) is 23.7 Å². The maximum Gasteiger partial charge on any atom is 0.324 e. The van der Waals surface area contributed by atoms with Crippen LogP contribution in [0, 0.1) is 10.1 Å². The molecule has 0 bridgehead atoms. The van der Waals surface area contributed by atoms with Crippen LogP contribution in [0.3, 0.4) is 0 Å². The molecule has 1 N–H and O–H groups in total. The van der Waals surface area contributed by atoms with E-state index in [0.29, 0.717) is 10.6 Å². The number of hydrazone groups is 1. The van der Waals surface area contributed by atoms with Crippen molar-refractivity contribution in [3.8, 4) is 5.75 Å². The highest BCUT2D eigenvalue weighted by Gasteiger charge is 2.10. The number of nitrogens with one attached hydrogen (secondary N) is 1. The van der Waals surface area contributed by atoms with Crippen LogP contribution in [0.2, 0.25) is 0 Å². The van der Waals surface area contributed by atoms with E-state index in [2.05, 4.69) is 10.5 Å². The monoisotopic (exact) mass is 347 g/mol. The molecule has 0 aliphatic carbocycles. The molecule has 1 aromatic carbocycles. The summed E-state index contributed by atoms with van der Waals surface area (Å²) in [5.41, 5.74) is 3.36. The van der Waals surface area contributed by atoms with E-state index in [9.17, 15) is 14.9 Å². The van der Waals surface area contributed by atoms with Gasteiger partial charge in [-0.1, -0.05) is 43.4 Å². The molecule has 0 unspecified atom stereocenters. The number of carbonyl (C=O) groups is 1. The molecule has 2 aromatic rings. The van der Waals surface area contributed by atoms with Gasteiger partial charge in [0.15, 0.2) is 6.61 Å². The molecule has 2 rings (SSSR count). The van der Waals surface area contributed by atoms with Crippen molar-refractivity contribution in [2.75, 3.05) is 6.61 Å². The second kappa shape index (κ2) is 8.21. The SMILES string of the molecule is CC(C)c1ccccc1OCC(=O)N/N=C/c1ccc([N+](=O)[O-])s1. The van der Waals surface area contributed by atoms with Gasteiger partial charge in [-0.3, -0.25) is 14.9 Å². The fourth-order valence-corrected chi connectivity index (χ4v) is 2.64. The number of hydrogen-bond acceptors (Lipinski definition) is 6. The van der Waals surface area contributed by atoms with Crippen LogP contribution < -0.4 is 10.2 Å². The summed E-state index contributed by atoms with van der Waals surface area (Å²) in [4.78, 5) is 22.4. The zero-order valence-electron chi connectivity index (χ0n) is 13.3. The number of rotatable bonds is 7. The molecule has 126 valence electrons. The van der Waals surface area contributed by atoms with Gasteiger partial charge in [-0.05, 0) is 23.6 Å². The summed E-state index contributed by atoms with van der Waals surface area (Å²) >= 11 is 0.977. The molecule has 1 amide bonds. The lowest BCUT2D eigenvalue weighted by Gasteiger charge is -2.12. The molecule has 1 aromatic heterocycles. The normalized spacial score (nSPS) is 11.0. The number of amides is 1. The van der Waals surface area contributed by atoms with E-state index in [-0.39, 0.29) is 17.5 Å². The van der Waals surface area contributed by atoms with E-state index in [1.54, 1.807) is 6.07 Å². The Hall–Kier alpha value is -2.74. The third-order valence-electron chi connectivity index (χ3n) is 3.07. The molecule has 1 heterocycles. The highest BCUT2D eigenvalue weighted by molar-refractivity contribution is 7.16. The number of thiophene rings is 1. The number of nitrogens with zero attached hydrogens (tertiary/aromatic N) is 2. The molecule has 0 radical (unpaired) electrons. The van der Waals surface area contributed by atoms with Crippen molar-refractivity contribution < 1.29 is 14.5 Å². The molecular formula is C16H17N3O4S. The molecule has 0 saturated heterocycles. The molecule has 0 aliphatic heterocycles.